The molecule has 0 radical (unpaired) electrons. The van der Waals surface area contributed by atoms with Crippen molar-refractivity contribution in [2.45, 2.75) is 6.18 Å². The molecular formula is C17H14F3N5O3. The Hall–Kier alpha value is -3.89. The molecule has 1 aromatic carbocycles. The molecule has 28 heavy (non-hydrogen) atoms. The summed E-state index contributed by atoms with van der Waals surface area (Å²) in [6, 6.07) is 6.48. The van der Waals surface area contributed by atoms with E-state index in [9.17, 15) is 28.1 Å². The maximum atomic E-state index is 12.5. The fourth-order valence-corrected chi connectivity index (χ4v) is 1.99. The van der Waals surface area contributed by atoms with E-state index in [0.29, 0.717) is 5.56 Å². The van der Waals surface area contributed by atoms with Crippen LogP contribution in [0.5, 0.6) is 0 Å². The summed E-state index contributed by atoms with van der Waals surface area (Å²) in [5.74, 6) is -0.815. The van der Waals surface area contributed by atoms with Crippen molar-refractivity contribution in [3.05, 3.63) is 87.5 Å². The molecule has 146 valence electrons. The Kier molecular flexibility index (Phi) is 5.98. The molecule has 0 atom stereocenters. The third-order valence-corrected chi connectivity index (χ3v) is 3.44. The van der Waals surface area contributed by atoms with Gasteiger partial charge in [0.1, 0.15) is 17.7 Å². The van der Waals surface area contributed by atoms with Crippen LogP contribution in [0.4, 0.5) is 18.9 Å². The van der Waals surface area contributed by atoms with Crippen LogP contribution in [0.25, 0.3) is 5.70 Å². The molecule has 2 rings (SSSR count). The normalized spacial score (nSPS) is 12.5. The van der Waals surface area contributed by atoms with E-state index >= 15 is 0 Å². The molecule has 5 N–H and O–H groups in total. The number of nitrogens with one attached hydrogen (secondary N) is 1. The number of nitro groups is 1. The first-order chi connectivity index (χ1) is 13.1. The lowest BCUT2D eigenvalue weighted by molar-refractivity contribution is -0.385. The molecule has 0 bridgehead atoms. The van der Waals surface area contributed by atoms with Crippen molar-refractivity contribution < 1.29 is 22.9 Å². The van der Waals surface area contributed by atoms with Crippen LogP contribution >= 0.6 is 0 Å². The molecule has 2 aromatic rings. The van der Waals surface area contributed by atoms with Gasteiger partial charge in [0.2, 0.25) is 0 Å². The van der Waals surface area contributed by atoms with E-state index in [1.54, 1.807) is 0 Å². The Balaban J connectivity index is 2.05. The number of hydrogen-bond acceptors (Lipinski definition) is 6. The molecule has 0 aliphatic rings. The van der Waals surface area contributed by atoms with Gasteiger partial charge < -0.3 is 16.8 Å². The van der Waals surface area contributed by atoms with Crippen LogP contribution in [0.3, 0.4) is 0 Å². The monoisotopic (exact) mass is 393 g/mol. The summed E-state index contributed by atoms with van der Waals surface area (Å²) >= 11 is 0. The van der Waals surface area contributed by atoms with Gasteiger partial charge in [0, 0.05) is 11.8 Å². The van der Waals surface area contributed by atoms with E-state index in [0.717, 1.165) is 30.5 Å². The number of nitrogens with zero attached hydrogens (tertiary/aromatic N) is 2. The zero-order valence-corrected chi connectivity index (χ0v) is 14.1. The van der Waals surface area contributed by atoms with E-state index in [-0.39, 0.29) is 22.9 Å². The molecule has 0 unspecified atom stereocenters. The fraction of sp³-hybridized carbons (Fsp3) is 0.0588. The van der Waals surface area contributed by atoms with Gasteiger partial charge in [-0.15, -0.1) is 0 Å². The summed E-state index contributed by atoms with van der Waals surface area (Å²) < 4.78 is 37.6. The predicted octanol–water partition coefficient (Wildman–Crippen LogP) is 2.54. The quantitative estimate of drug-likeness (QED) is 0.406. The topological polar surface area (TPSA) is 137 Å². The molecule has 1 amide bonds. The Bertz CT molecular complexity index is 936. The van der Waals surface area contributed by atoms with E-state index in [1.807, 2.05) is 0 Å². The Morgan fingerprint density at radius 2 is 1.75 bits per heavy atom. The standard InChI is InChI=1S/C17H14F3N5O3/c18-17(19,20)11-3-1-10(2-4-11)13(21)6-8-15(22)24-16(26)14-7-5-12(9-23-14)25(27)28/h1-9H,21-22H2,(H,24,26)/b13-6-,15-8+. The molecule has 11 heteroatoms. The van der Waals surface area contributed by atoms with Crippen LogP contribution in [0.1, 0.15) is 21.6 Å². The maximum absolute atomic E-state index is 12.5. The van der Waals surface area contributed by atoms with E-state index < -0.39 is 22.6 Å². The Labute approximate surface area is 156 Å². The first-order valence-corrected chi connectivity index (χ1v) is 7.60. The number of pyridine rings is 1. The molecule has 0 aliphatic heterocycles. The second kappa shape index (κ2) is 8.20. The van der Waals surface area contributed by atoms with Crippen molar-refractivity contribution in [2.24, 2.45) is 11.5 Å². The highest BCUT2D eigenvalue weighted by atomic mass is 19.4. The number of allylic oxidation sites excluding steroid dienone is 2. The number of hydrogen-bond donors (Lipinski definition) is 3. The van der Waals surface area contributed by atoms with Crippen LogP contribution in [-0.4, -0.2) is 15.8 Å². The van der Waals surface area contributed by atoms with E-state index in [1.165, 1.54) is 24.3 Å². The number of amides is 1. The second-order valence-electron chi connectivity index (χ2n) is 5.43. The van der Waals surface area contributed by atoms with Crippen LogP contribution < -0.4 is 16.8 Å². The lowest BCUT2D eigenvalue weighted by Crippen LogP contribution is -2.28. The van der Waals surface area contributed by atoms with Gasteiger partial charge in [-0.1, -0.05) is 12.1 Å². The van der Waals surface area contributed by atoms with Gasteiger partial charge in [-0.3, -0.25) is 14.9 Å². The van der Waals surface area contributed by atoms with E-state index in [4.69, 9.17) is 11.5 Å². The van der Waals surface area contributed by atoms with Gasteiger partial charge >= 0.3 is 6.18 Å². The zero-order chi connectivity index (χ0) is 20.9. The predicted molar refractivity (Wildman–Crippen MR) is 94.2 cm³/mol. The van der Waals surface area contributed by atoms with Crippen LogP contribution in [0.2, 0.25) is 0 Å². The maximum Gasteiger partial charge on any atom is 0.416 e. The molecule has 1 heterocycles. The third kappa shape index (κ3) is 5.30. The average molecular weight is 393 g/mol. The fourth-order valence-electron chi connectivity index (χ4n) is 1.99. The van der Waals surface area contributed by atoms with Crippen LogP contribution in [-0.2, 0) is 6.18 Å². The summed E-state index contributed by atoms with van der Waals surface area (Å²) in [4.78, 5) is 25.5. The lowest BCUT2D eigenvalue weighted by Gasteiger charge is -2.08. The SMILES string of the molecule is N/C(=C\C=C(/N)NC(=O)c1ccc([N+](=O)[O-])cn1)c1ccc(C(F)(F)F)cc1. The van der Waals surface area contributed by atoms with Gasteiger partial charge in [0.05, 0.1) is 10.5 Å². The summed E-state index contributed by atoms with van der Waals surface area (Å²) in [6.07, 6.45) is -0.966. The number of aromatic nitrogens is 1. The van der Waals surface area contributed by atoms with Crippen molar-refractivity contribution in [3.63, 3.8) is 0 Å². The first kappa shape index (κ1) is 20.4. The highest BCUT2D eigenvalue weighted by Crippen LogP contribution is 2.29. The third-order valence-electron chi connectivity index (χ3n) is 3.44. The van der Waals surface area contributed by atoms with Crippen molar-refractivity contribution in [3.8, 4) is 0 Å². The smallest absolute Gasteiger partial charge is 0.398 e. The molecular weight excluding hydrogens is 379 g/mol. The average Bonchev–Trinajstić information content (AvgIpc) is 2.65. The molecule has 0 saturated carbocycles. The van der Waals surface area contributed by atoms with E-state index in [2.05, 4.69) is 10.3 Å². The number of halogens is 3. The molecule has 1 aromatic heterocycles. The van der Waals surface area contributed by atoms with Crippen molar-refractivity contribution in [2.75, 3.05) is 0 Å². The Morgan fingerprint density at radius 1 is 1.11 bits per heavy atom. The summed E-state index contributed by atoms with van der Waals surface area (Å²) in [5, 5.41) is 12.9. The Morgan fingerprint density at radius 3 is 2.25 bits per heavy atom. The van der Waals surface area contributed by atoms with Gasteiger partial charge in [0.25, 0.3) is 11.6 Å². The number of alkyl halides is 3. The van der Waals surface area contributed by atoms with Crippen molar-refractivity contribution in [1.82, 2.24) is 10.3 Å². The number of rotatable bonds is 5. The molecule has 0 spiro atoms. The first-order valence-electron chi connectivity index (χ1n) is 7.60. The zero-order valence-electron chi connectivity index (χ0n) is 14.1. The number of carbonyl (C=O) groups excluding carboxylic acids is 1. The minimum Gasteiger partial charge on any atom is -0.398 e. The van der Waals surface area contributed by atoms with Crippen molar-refractivity contribution >= 4 is 17.3 Å². The van der Waals surface area contributed by atoms with Gasteiger partial charge in [-0.05, 0) is 35.9 Å². The highest BCUT2D eigenvalue weighted by molar-refractivity contribution is 5.93. The highest BCUT2D eigenvalue weighted by Gasteiger charge is 2.29. The number of carbonyl (C=O) groups is 1. The molecule has 0 aliphatic carbocycles. The summed E-state index contributed by atoms with van der Waals surface area (Å²) in [5.41, 5.74) is 10.7. The number of benzene rings is 1. The molecule has 0 fully saturated rings. The van der Waals surface area contributed by atoms with Crippen LogP contribution in [0.15, 0.2) is 60.6 Å². The molecule has 8 nitrogen and oxygen atoms in total. The van der Waals surface area contributed by atoms with Crippen molar-refractivity contribution in [1.29, 1.82) is 0 Å². The largest absolute Gasteiger partial charge is 0.416 e. The van der Waals surface area contributed by atoms with Gasteiger partial charge in [-0.25, -0.2) is 4.98 Å². The lowest BCUT2D eigenvalue weighted by atomic mass is 10.1. The molecule has 0 saturated heterocycles. The van der Waals surface area contributed by atoms with Gasteiger partial charge in [0.15, 0.2) is 0 Å². The van der Waals surface area contributed by atoms with Crippen LogP contribution in [0, 0.1) is 10.1 Å². The second-order valence-corrected chi connectivity index (χ2v) is 5.43. The number of nitrogens with two attached hydrogens (primary N) is 2. The minimum absolute atomic E-state index is 0.0957. The summed E-state index contributed by atoms with van der Waals surface area (Å²) in [7, 11) is 0. The summed E-state index contributed by atoms with van der Waals surface area (Å²) in [6.45, 7) is 0. The van der Waals surface area contributed by atoms with Gasteiger partial charge in [-0.2, -0.15) is 13.2 Å². The minimum atomic E-state index is -4.45.